The van der Waals surface area contributed by atoms with Crippen molar-refractivity contribution < 1.29 is 14.6 Å². The predicted molar refractivity (Wildman–Crippen MR) is 71.8 cm³/mol. The number of hydrogen-bond donors (Lipinski definition) is 1. The molecule has 0 unspecified atom stereocenters. The summed E-state index contributed by atoms with van der Waals surface area (Å²) in [4.78, 5) is 0. The molecule has 1 aromatic rings. The molecular weight excluding hydrogens is 228 g/mol. The predicted octanol–water partition coefficient (Wildman–Crippen LogP) is 2.63. The first-order valence-electron chi connectivity index (χ1n) is 6.15. The fourth-order valence-corrected chi connectivity index (χ4v) is 1.47. The highest BCUT2D eigenvalue weighted by Gasteiger charge is 2.23. The fourth-order valence-electron chi connectivity index (χ4n) is 1.47. The van der Waals surface area contributed by atoms with Crippen LogP contribution in [0.15, 0.2) is 24.3 Å². The van der Waals surface area contributed by atoms with Gasteiger partial charge in [-0.3, -0.25) is 0 Å². The molecule has 0 aromatic heterocycles. The van der Waals surface area contributed by atoms with E-state index in [-0.39, 0.29) is 13.2 Å². The van der Waals surface area contributed by atoms with E-state index in [1.165, 1.54) is 0 Å². The maximum absolute atomic E-state index is 10.2. The van der Waals surface area contributed by atoms with Gasteiger partial charge in [0.1, 0.15) is 13.2 Å². The zero-order chi connectivity index (χ0) is 13.4. The van der Waals surface area contributed by atoms with Crippen molar-refractivity contribution in [2.45, 2.75) is 32.3 Å². The average molecular weight is 248 g/mol. The van der Waals surface area contributed by atoms with E-state index in [2.05, 4.69) is 5.92 Å². The van der Waals surface area contributed by atoms with E-state index in [4.69, 9.17) is 15.9 Å². The first kappa shape index (κ1) is 14.4. The molecule has 0 saturated heterocycles. The fraction of sp³-hybridized carbons (Fsp3) is 0.467. The van der Waals surface area contributed by atoms with Gasteiger partial charge in [0.2, 0.25) is 0 Å². The Morgan fingerprint density at radius 1 is 1.17 bits per heavy atom. The summed E-state index contributed by atoms with van der Waals surface area (Å²) in [6, 6.07) is 7.31. The summed E-state index contributed by atoms with van der Waals surface area (Å²) in [5.74, 6) is 3.62. The lowest BCUT2D eigenvalue weighted by Crippen LogP contribution is -2.34. The summed E-state index contributed by atoms with van der Waals surface area (Å²) in [7, 11) is 0. The van der Waals surface area contributed by atoms with Crippen molar-refractivity contribution in [3.8, 4) is 23.8 Å². The van der Waals surface area contributed by atoms with Gasteiger partial charge < -0.3 is 14.6 Å². The van der Waals surface area contributed by atoms with Crippen LogP contribution in [0, 0.1) is 12.3 Å². The van der Waals surface area contributed by atoms with Gasteiger partial charge in [-0.05, 0) is 25.0 Å². The van der Waals surface area contributed by atoms with E-state index >= 15 is 0 Å². The Morgan fingerprint density at radius 2 is 1.72 bits per heavy atom. The third kappa shape index (κ3) is 3.97. The zero-order valence-corrected chi connectivity index (χ0v) is 11.0. The van der Waals surface area contributed by atoms with Crippen molar-refractivity contribution in [1.29, 1.82) is 0 Å². The van der Waals surface area contributed by atoms with Crippen LogP contribution in [-0.4, -0.2) is 23.9 Å². The van der Waals surface area contributed by atoms with E-state index in [1.807, 2.05) is 26.0 Å². The number of terminal acetylenes is 1. The number of para-hydroxylation sites is 2. The number of ether oxygens (including phenoxy) is 2. The van der Waals surface area contributed by atoms with Gasteiger partial charge in [0, 0.05) is 0 Å². The van der Waals surface area contributed by atoms with Crippen LogP contribution < -0.4 is 9.47 Å². The minimum Gasteiger partial charge on any atom is -0.487 e. The zero-order valence-electron chi connectivity index (χ0n) is 11.0. The summed E-state index contributed by atoms with van der Waals surface area (Å²) in [5.41, 5.74) is -0.792. The first-order valence-corrected chi connectivity index (χ1v) is 6.15. The molecule has 18 heavy (non-hydrogen) atoms. The van der Waals surface area contributed by atoms with Gasteiger partial charge in [-0.2, -0.15) is 0 Å². The van der Waals surface area contributed by atoms with Crippen LogP contribution in [0.2, 0.25) is 0 Å². The Labute approximate surface area is 109 Å². The molecule has 98 valence electrons. The van der Waals surface area contributed by atoms with Crippen molar-refractivity contribution >= 4 is 0 Å². The standard InChI is InChI=1S/C15H20O3/c1-4-11-17-13-9-7-8-10-14(13)18-12-15(16,5-2)6-3/h1,7-10,16H,5-6,11-12H2,2-3H3. The van der Waals surface area contributed by atoms with Crippen LogP contribution in [0.5, 0.6) is 11.5 Å². The quantitative estimate of drug-likeness (QED) is 0.754. The molecule has 3 nitrogen and oxygen atoms in total. The first-order chi connectivity index (χ1) is 8.65. The molecule has 1 rings (SSSR count). The topological polar surface area (TPSA) is 38.7 Å². The van der Waals surface area contributed by atoms with Gasteiger partial charge in [-0.15, -0.1) is 6.42 Å². The van der Waals surface area contributed by atoms with Gasteiger partial charge in [-0.25, -0.2) is 0 Å². The van der Waals surface area contributed by atoms with Crippen LogP contribution >= 0.6 is 0 Å². The van der Waals surface area contributed by atoms with Crippen LogP contribution in [0.3, 0.4) is 0 Å². The molecule has 0 radical (unpaired) electrons. The Bertz CT molecular complexity index is 402. The van der Waals surface area contributed by atoms with E-state index in [0.717, 1.165) is 0 Å². The summed E-state index contributed by atoms with van der Waals surface area (Å²) < 4.78 is 11.0. The molecule has 0 atom stereocenters. The smallest absolute Gasteiger partial charge is 0.162 e. The molecule has 0 amide bonds. The highest BCUT2D eigenvalue weighted by Crippen LogP contribution is 2.28. The molecule has 1 N–H and O–H groups in total. The van der Waals surface area contributed by atoms with Crippen molar-refractivity contribution in [3.05, 3.63) is 24.3 Å². The molecule has 0 heterocycles. The van der Waals surface area contributed by atoms with E-state index in [9.17, 15) is 5.11 Å². The minimum absolute atomic E-state index is 0.201. The van der Waals surface area contributed by atoms with Gasteiger partial charge in [0.15, 0.2) is 11.5 Å². The third-order valence-corrected chi connectivity index (χ3v) is 2.97. The van der Waals surface area contributed by atoms with Crippen molar-refractivity contribution in [2.24, 2.45) is 0 Å². The number of hydrogen-bond acceptors (Lipinski definition) is 3. The lowest BCUT2D eigenvalue weighted by molar-refractivity contribution is -0.0120. The number of aliphatic hydroxyl groups is 1. The monoisotopic (exact) mass is 248 g/mol. The lowest BCUT2D eigenvalue weighted by atomic mass is 9.99. The molecule has 0 saturated carbocycles. The second kappa shape index (κ2) is 6.93. The maximum Gasteiger partial charge on any atom is 0.162 e. The van der Waals surface area contributed by atoms with Gasteiger partial charge in [0.05, 0.1) is 5.60 Å². The highest BCUT2D eigenvalue weighted by molar-refractivity contribution is 5.39. The largest absolute Gasteiger partial charge is 0.487 e. The van der Waals surface area contributed by atoms with Gasteiger partial charge in [0.25, 0.3) is 0 Å². The molecule has 0 bridgehead atoms. The van der Waals surface area contributed by atoms with E-state index < -0.39 is 5.60 Å². The molecule has 0 fully saturated rings. The molecule has 0 spiro atoms. The molecule has 3 heteroatoms. The summed E-state index contributed by atoms with van der Waals surface area (Å²) >= 11 is 0. The molecular formula is C15H20O3. The van der Waals surface area contributed by atoms with Crippen molar-refractivity contribution in [2.75, 3.05) is 13.2 Å². The molecule has 0 aliphatic rings. The molecule has 1 aromatic carbocycles. The summed E-state index contributed by atoms with van der Waals surface area (Å²) in [5, 5.41) is 10.2. The Kier molecular flexibility index (Phi) is 5.54. The van der Waals surface area contributed by atoms with Crippen molar-refractivity contribution in [1.82, 2.24) is 0 Å². The summed E-state index contributed by atoms with van der Waals surface area (Å²) in [6.45, 7) is 4.32. The third-order valence-electron chi connectivity index (χ3n) is 2.97. The van der Waals surface area contributed by atoms with Crippen LogP contribution in [0.4, 0.5) is 0 Å². The highest BCUT2D eigenvalue weighted by atomic mass is 16.5. The SMILES string of the molecule is C#CCOc1ccccc1OCC(O)(CC)CC. The van der Waals surface area contributed by atoms with E-state index in [1.54, 1.807) is 12.1 Å². The second-order valence-electron chi connectivity index (χ2n) is 4.16. The Hall–Kier alpha value is -1.66. The molecule has 0 aliphatic carbocycles. The number of rotatable bonds is 7. The maximum atomic E-state index is 10.2. The lowest BCUT2D eigenvalue weighted by Gasteiger charge is -2.25. The Morgan fingerprint density at radius 3 is 2.22 bits per heavy atom. The van der Waals surface area contributed by atoms with Crippen LogP contribution in [0.25, 0.3) is 0 Å². The van der Waals surface area contributed by atoms with Crippen LogP contribution in [0.1, 0.15) is 26.7 Å². The van der Waals surface area contributed by atoms with E-state index in [0.29, 0.717) is 24.3 Å². The minimum atomic E-state index is -0.792. The number of benzene rings is 1. The average Bonchev–Trinajstić information content (AvgIpc) is 2.43. The van der Waals surface area contributed by atoms with Gasteiger partial charge in [-0.1, -0.05) is 31.9 Å². The Balaban J connectivity index is 2.69. The van der Waals surface area contributed by atoms with Crippen LogP contribution in [-0.2, 0) is 0 Å². The van der Waals surface area contributed by atoms with Gasteiger partial charge >= 0.3 is 0 Å². The van der Waals surface area contributed by atoms with Crippen molar-refractivity contribution in [3.63, 3.8) is 0 Å². The second-order valence-corrected chi connectivity index (χ2v) is 4.16. The molecule has 0 aliphatic heterocycles. The normalized spacial score (nSPS) is 10.8. The summed E-state index contributed by atoms with van der Waals surface area (Å²) in [6.07, 6.45) is 6.46.